The van der Waals surface area contributed by atoms with Gasteiger partial charge in [0.25, 0.3) is 0 Å². The van der Waals surface area contributed by atoms with Crippen LogP contribution in [0.25, 0.3) is 0 Å². The van der Waals surface area contributed by atoms with Crippen LogP contribution in [-0.2, 0) is 4.74 Å². The molecule has 108 valence electrons. The summed E-state index contributed by atoms with van der Waals surface area (Å²) in [5.41, 5.74) is 0.768. The normalized spacial score (nSPS) is 11.4. The molecule has 1 aromatic heterocycles. The lowest BCUT2D eigenvalue weighted by Crippen LogP contribution is -2.20. The van der Waals surface area contributed by atoms with Gasteiger partial charge in [-0.3, -0.25) is 0 Å². The number of hydrogen-bond acceptors (Lipinski definition) is 5. The average Bonchev–Trinajstić information content (AvgIpc) is 2.26. The highest BCUT2D eigenvalue weighted by molar-refractivity contribution is 5.41. The van der Waals surface area contributed by atoms with E-state index in [1.165, 1.54) is 0 Å². The zero-order valence-corrected chi connectivity index (χ0v) is 10.8. The molecule has 0 fully saturated rings. The smallest absolute Gasteiger partial charge is 0.370 e. The fourth-order valence-corrected chi connectivity index (χ4v) is 1.34. The molecular weight excluding hydrogens is 261 g/mol. The molecular formula is C11H17F3N4O. The van der Waals surface area contributed by atoms with Crippen molar-refractivity contribution < 1.29 is 17.9 Å². The van der Waals surface area contributed by atoms with Crippen LogP contribution in [0.15, 0.2) is 6.07 Å². The largest absolute Gasteiger partial charge is 0.411 e. The standard InChI is InChI=1S/C11H17F3N4O/c1-3-15-10-17-8(2)6-9(18-10)16-4-5-19-7-11(12,13)14/h6H,3-5,7H2,1-2H3,(H2,15,16,17,18). The van der Waals surface area contributed by atoms with Gasteiger partial charge in [0.1, 0.15) is 12.4 Å². The van der Waals surface area contributed by atoms with Crippen molar-refractivity contribution in [2.24, 2.45) is 0 Å². The highest BCUT2D eigenvalue weighted by Gasteiger charge is 2.27. The molecule has 0 unspecified atom stereocenters. The topological polar surface area (TPSA) is 59.1 Å². The second-order valence-electron chi connectivity index (χ2n) is 3.84. The summed E-state index contributed by atoms with van der Waals surface area (Å²) in [6, 6.07) is 1.71. The number of alkyl halides is 3. The van der Waals surface area contributed by atoms with E-state index in [4.69, 9.17) is 0 Å². The van der Waals surface area contributed by atoms with Gasteiger partial charge in [-0.25, -0.2) is 4.98 Å². The van der Waals surface area contributed by atoms with Gasteiger partial charge in [0.05, 0.1) is 6.61 Å². The maximum atomic E-state index is 11.8. The van der Waals surface area contributed by atoms with E-state index in [0.717, 1.165) is 5.69 Å². The van der Waals surface area contributed by atoms with Crippen LogP contribution >= 0.6 is 0 Å². The molecule has 0 saturated carbocycles. The summed E-state index contributed by atoms with van der Waals surface area (Å²) in [7, 11) is 0. The molecule has 0 spiro atoms. The number of nitrogens with zero attached hydrogens (tertiary/aromatic N) is 2. The molecule has 0 aliphatic rings. The van der Waals surface area contributed by atoms with E-state index >= 15 is 0 Å². The Morgan fingerprint density at radius 1 is 1.26 bits per heavy atom. The number of aromatic nitrogens is 2. The van der Waals surface area contributed by atoms with Gasteiger partial charge in [-0.2, -0.15) is 18.2 Å². The van der Waals surface area contributed by atoms with E-state index in [-0.39, 0.29) is 13.2 Å². The summed E-state index contributed by atoms with van der Waals surface area (Å²) in [6.45, 7) is 3.40. The molecule has 19 heavy (non-hydrogen) atoms. The number of hydrogen-bond donors (Lipinski definition) is 2. The van der Waals surface area contributed by atoms with Crippen molar-refractivity contribution in [3.8, 4) is 0 Å². The number of ether oxygens (including phenoxy) is 1. The van der Waals surface area contributed by atoms with Crippen molar-refractivity contribution in [1.29, 1.82) is 0 Å². The van der Waals surface area contributed by atoms with Gasteiger partial charge < -0.3 is 15.4 Å². The number of halogens is 3. The van der Waals surface area contributed by atoms with Gasteiger partial charge in [-0.05, 0) is 13.8 Å². The lowest BCUT2D eigenvalue weighted by atomic mass is 10.4. The summed E-state index contributed by atoms with van der Waals surface area (Å²) in [4.78, 5) is 8.32. The Kier molecular flexibility index (Phi) is 5.81. The predicted octanol–water partition coefficient (Wildman–Crippen LogP) is 2.21. The van der Waals surface area contributed by atoms with Crippen LogP contribution in [0, 0.1) is 6.92 Å². The molecule has 2 N–H and O–H groups in total. The maximum Gasteiger partial charge on any atom is 0.411 e. The van der Waals surface area contributed by atoms with Crippen LogP contribution in [0.2, 0.25) is 0 Å². The SMILES string of the molecule is CCNc1nc(C)cc(NCCOCC(F)(F)F)n1. The minimum absolute atomic E-state index is 0.0426. The molecule has 0 saturated heterocycles. The van der Waals surface area contributed by atoms with Crippen LogP contribution in [0.5, 0.6) is 0 Å². The third kappa shape index (κ3) is 6.80. The highest BCUT2D eigenvalue weighted by atomic mass is 19.4. The Bertz CT molecular complexity index is 398. The van der Waals surface area contributed by atoms with E-state index in [1.807, 2.05) is 13.8 Å². The second kappa shape index (κ2) is 7.13. The average molecular weight is 278 g/mol. The Labute approximate surface area is 109 Å². The number of anilines is 2. The lowest BCUT2D eigenvalue weighted by Gasteiger charge is -2.10. The summed E-state index contributed by atoms with van der Waals surface area (Å²) in [5, 5.41) is 5.86. The minimum atomic E-state index is -4.29. The first-order valence-corrected chi connectivity index (χ1v) is 5.88. The van der Waals surface area contributed by atoms with E-state index in [9.17, 15) is 13.2 Å². The predicted molar refractivity (Wildman–Crippen MR) is 66.3 cm³/mol. The van der Waals surface area contributed by atoms with E-state index < -0.39 is 12.8 Å². The molecule has 5 nitrogen and oxygen atoms in total. The molecule has 0 amide bonds. The number of nitrogens with one attached hydrogen (secondary N) is 2. The van der Waals surface area contributed by atoms with Crippen molar-refractivity contribution in [1.82, 2.24) is 9.97 Å². The van der Waals surface area contributed by atoms with Crippen LogP contribution in [0.3, 0.4) is 0 Å². The molecule has 0 bridgehead atoms. The summed E-state index contributed by atoms with van der Waals surface area (Å²) < 4.78 is 39.9. The van der Waals surface area contributed by atoms with Crippen molar-refractivity contribution in [3.63, 3.8) is 0 Å². The van der Waals surface area contributed by atoms with E-state index in [1.54, 1.807) is 6.07 Å². The van der Waals surface area contributed by atoms with Crippen molar-refractivity contribution in [3.05, 3.63) is 11.8 Å². The minimum Gasteiger partial charge on any atom is -0.370 e. The molecule has 0 radical (unpaired) electrons. The third-order valence-corrected chi connectivity index (χ3v) is 2.01. The van der Waals surface area contributed by atoms with Gasteiger partial charge in [0.2, 0.25) is 5.95 Å². The summed E-state index contributed by atoms with van der Waals surface area (Å²) in [5.74, 6) is 1.04. The Morgan fingerprint density at radius 2 is 2.00 bits per heavy atom. The van der Waals surface area contributed by atoms with Crippen LogP contribution < -0.4 is 10.6 Å². The first-order chi connectivity index (χ1) is 8.90. The number of aryl methyl sites for hydroxylation is 1. The lowest BCUT2D eigenvalue weighted by molar-refractivity contribution is -0.172. The maximum absolute atomic E-state index is 11.8. The summed E-state index contributed by atoms with van der Waals surface area (Å²) >= 11 is 0. The highest BCUT2D eigenvalue weighted by Crippen LogP contribution is 2.14. The summed E-state index contributed by atoms with van der Waals surface area (Å²) in [6.07, 6.45) is -4.29. The van der Waals surface area contributed by atoms with Crippen LogP contribution in [0.4, 0.5) is 24.9 Å². The van der Waals surface area contributed by atoms with Gasteiger partial charge in [0.15, 0.2) is 0 Å². The molecule has 0 aromatic carbocycles. The first kappa shape index (κ1) is 15.5. The Morgan fingerprint density at radius 3 is 2.63 bits per heavy atom. The molecule has 0 aliphatic carbocycles. The monoisotopic (exact) mass is 278 g/mol. The quantitative estimate of drug-likeness (QED) is 0.749. The van der Waals surface area contributed by atoms with Gasteiger partial charge >= 0.3 is 6.18 Å². The molecule has 0 aliphatic heterocycles. The van der Waals surface area contributed by atoms with Crippen LogP contribution in [-0.4, -0.2) is 42.4 Å². The Balaban J connectivity index is 2.36. The fourth-order valence-electron chi connectivity index (χ4n) is 1.34. The molecule has 1 heterocycles. The van der Waals surface area contributed by atoms with Gasteiger partial charge in [-0.1, -0.05) is 0 Å². The zero-order chi connectivity index (χ0) is 14.3. The molecule has 0 atom stereocenters. The van der Waals surface area contributed by atoms with Crippen molar-refractivity contribution in [2.75, 3.05) is 36.9 Å². The fraction of sp³-hybridized carbons (Fsp3) is 0.636. The third-order valence-electron chi connectivity index (χ3n) is 2.01. The van der Waals surface area contributed by atoms with Gasteiger partial charge in [0, 0.05) is 24.8 Å². The van der Waals surface area contributed by atoms with E-state index in [2.05, 4.69) is 25.3 Å². The molecule has 1 rings (SSSR count). The number of rotatable bonds is 7. The Hall–Kier alpha value is -1.57. The second-order valence-corrected chi connectivity index (χ2v) is 3.84. The molecule has 1 aromatic rings. The van der Waals surface area contributed by atoms with Crippen molar-refractivity contribution >= 4 is 11.8 Å². The van der Waals surface area contributed by atoms with Crippen LogP contribution in [0.1, 0.15) is 12.6 Å². The first-order valence-electron chi connectivity index (χ1n) is 5.88. The zero-order valence-electron chi connectivity index (χ0n) is 10.8. The van der Waals surface area contributed by atoms with Gasteiger partial charge in [-0.15, -0.1) is 0 Å². The van der Waals surface area contributed by atoms with Crippen molar-refractivity contribution in [2.45, 2.75) is 20.0 Å². The molecule has 8 heteroatoms. The van der Waals surface area contributed by atoms with E-state index in [0.29, 0.717) is 18.3 Å².